The van der Waals surface area contributed by atoms with Crippen LogP contribution in [0.3, 0.4) is 0 Å². The molecule has 1 unspecified atom stereocenters. The van der Waals surface area contributed by atoms with Crippen LogP contribution in [0.25, 0.3) is 0 Å². The quantitative estimate of drug-likeness (QED) is 0.790. The summed E-state index contributed by atoms with van der Waals surface area (Å²) in [5.74, 6) is 0.588. The van der Waals surface area contributed by atoms with Crippen molar-refractivity contribution in [1.29, 1.82) is 0 Å². The van der Waals surface area contributed by atoms with Crippen LogP contribution < -0.4 is 21.0 Å². The van der Waals surface area contributed by atoms with Gasteiger partial charge in [-0.05, 0) is 30.9 Å². The van der Waals surface area contributed by atoms with Gasteiger partial charge < -0.3 is 9.80 Å². The Hall–Kier alpha value is -2.83. The van der Waals surface area contributed by atoms with Crippen molar-refractivity contribution in [3.8, 4) is 0 Å². The number of para-hydroxylation sites is 1. The van der Waals surface area contributed by atoms with Crippen LogP contribution >= 0.6 is 0 Å². The lowest BCUT2D eigenvalue weighted by molar-refractivity contribution is -0.122. The Morgan fingerprint density at radius 2 is 1.85 bits per heavy atom. The first-order valence-electron chi connectivity index (χ1n) is 9.38. The molecular weight excluding hydrogens is 344 g/mol. The first-order valence-corrected chi connectivity index (χ1v) is 9.38. The Balaban J connectivity index is 1.59. The average Bonchev–Trinajstić information content (AvgIpc) is 3.13. The van der Waals surface area contributed by atoms with Crippen LogP contribution in [-0.4, -0.2) is 34.7 Å². The van der Waals surface area contributed by atoms with Crippen LogP contribution in [0.5, 0.6) is 0 Å². The Labute approximate surface area is 157 Å². The SMILES string of the molecule is Cn1c(N2CCCC(C(=O)N3CCc4ccccc43)C2)cc(=O)n(C)c1=O. The Morgan fingerprint density at radius 1 is 1.07 bits per heavy atom. The van der Waals surface area contributed by atoms with Gasteiger partial charge in [0.25, 0.3) is 5.56 Å². The Bertz CT molecular complexity index is 1010. The van der Waals surface area contributed by atoms with Gasteiger partial charge in [-0.1, -0.05) is 18.2 Å². The van der Waals surface area contributed by atoms with E-state index in [0.29, 0.717) is 12.4 Å². The lowest BCUT2D eigenvalue weighted by atomic mass is 9.96. The molecule has 3 heterocycles. The molecule has 2 aliphatic rings. The highest BCUT2D eigenvalue weighted by atomic mass is 16.2. The van der Waals surface area contributed by atoms with E-state index in [4.69, 9.17) is 0 Å². The lowest BCUT2D eigenvalue weighted by Gasteiger charge is -2.36. The summed E-state index contributed by atoms with van der Waals surface area (Å²) in [4.78, 5) is 41.4. The van der Waals surface area contributed by atoms with E-state index in [2.05, 4.69) is 6.07 Å². The van der Waals surface area contributed by atoms with Crippen molar-refractivity contribution in [3.63, 3.8) is 0 Å². The van der Waals surface area contributed by atoms with Gasteiger partial charge >= 0.3 is 5.69 Å². The fraction of sp³-hybridized carbons (Fsp3) is 0.450. The third-order valence-corrected chi connectivity index (χ3v) is 5.75. The highest BCUT2D eigenvalue weighted by Gasteiger charge is 2.33. The zero-order chi connectivity index (χ0) is 19.1. The third kappa shape index (κ3) is 2.97. The first-order chi connectivity index (χ1) is 13.0. The molecule has 0 saturated carbocycles. The highest BCUT2D eigenvalue weighted by Crippen LogP contribution is 2.31. The smallest absolute Gasteiger partial charge is 0.332 e. The van der Waals surface area contributed by atoms with Gasteiger partial charge in [-0.3, -0.25) is 18.7 Å². The predicted octanol–water partition coefficient (Wildman–Crippen LogP) is 0.890. The number of nitrogens with zero attached hydrogens (tertiary/aromatic N) is 4. The molecule has 1 aromatic heterocycles. The molecule has 7 nitrogen and oxygen atoms in total. The minimum atomic E-state index is -0.348. The van der Waals surface area contributed by atoms with Gasteiger partial charge in [0, 0.05) is 45.5 Å². The summed E-state index contributed by atoms with van der Waals surface area (Å²) < 4.78 is 2.58. The van der Waals surface area contributed by atoms with Crippen LogP contribution in [0.2, 0.25) is 0 Å². The molecule has 1 amide bonds. The summed E-state index contributed by atoms with van der Waals surface area (Å²) in [6.07, 6.45) is 2.57. The molecule has 0 aliphatic carbocycles. The molecule has 0 N–H and O–H groups in total. The predicted molar refractivity (Wildman–Crippen MR) is 104 cm³/mol. The summed E-state index contributed by atoms with van der Waals surface area (Å²) in [5, 5.41) is 0. The highest BCUT2D eigenvalue weighted by molar-refractivity contribution is 5.97. The molecule has 1 atom stereocenters. The first kappa shape index (κ1) is 17.6. The fourth-order valence-corrected chi connectivity index (χ4v) is 4.20. The molecule has 1 saturated heterocycles. The molecule has 27 heavy (non-hydrogen) atoms. The van der Waals surface area contributed by atoms with Crippen molar-refractivity contribution in [3.05, 3.63) is 56.7 Å². The molecule has 0 spiro atoms. The maximum atomic E-state index is 13.2. The number of carbonyl (C=O) groups excluding carboxylic acids is 1. The Kier molecular flexibility index (Phi) is 4.37. The van der Waals surface area contributed by atoms with E-state index in [9.17, 15) is 14.4 Å². The normalized spacial score (nSPS) is 19.3. The van der Waals surface area contributed by atoms with E-state index in [1.807, 2.05) is 28.0 Å². The number of carbonyl (C=O) groups is 1. The minimum absolute atomic E-state index is 0.135. The van der Waals surface area contributed by atoms with Crippen LogP contribution in [-0.2, 0) is 25.3 Å². The number of hydrogen-bond acceptors (Lipinski definition) is 4. The summed E-state index contributed by atoms with van der Waals surface area (Å²) in [6.45, 7) is 1.98. The molecule has 7 heteroatoms. The number of piperidine rings is 1. The van der Waals surface area contributed by atoms with E-state index < -0.39 is 0 Å². The van der Waals surface area contributed by atoms with Gasteiger partial charge in [-0.2, -0.15) is 0 Å². The second kappa shape index (κ2) is 6.72. The van der Waals surface area contributed by atoms with Crippen LogP contribution in [0.15, 0.2) is 39.9 Å². The van der Waals surface area contributed by atoms with Crippen molar-refractivity contribution in [2.75, 3.05) is 29.4 Å². The largest absolute Gasteiger partial charge is 0.357 e. The number of benzene rings is 1. The van der Waals surface area contributed by atoms with E-state index in [-0.39, 0.29) is 23.1 Å². The average molecular weight is 368 g/mol. The van der Waals surface area contributed by atoms with Gasteiger partial charge in [0.1, 0.15) is 5.82 Å². The van der Waals surface area contributed by atoms with E-state index >= 15 is 0 Å². The molecule has 2 aliphatic heterocycles. The van der Waals surface area contributed by atoms with Crippen molar-refractivity contribution in [2.24, 2.45) is 20.0 Å². The summed E-state index contributed by atoms with van der Waals surface area (Å²) in [5.41, 5.74) is 1.56. The summed E-state index contributed by atoms with van der Waals surface area (Å²) in [6, 6.07) is 9.54. The van der Waals surface area contributed by atoms with E-state index in [1.54, 1.807) is 7.05 Å². The molecular formula is C20H24N4O3. The maximum absolute atomic E-state index is 13.2. The van der Waals surface area contributed by atoms with Crippen molar-refractivity contribution >= 4 is 17.4 Å². The van der Waals surface area contributed by atoms with Gasteiger partial charge in [-0.15, -0.1) is 0 Å². The molecule has 1 fully saturated rings. The van der Waals surface area contributed by atoms with E-state index in [0.717, 1.165) is 42.6 Å². The van der Waals surface area contributed by atoms with Gasteiger partial charge in [0.2, 0.25) is 5.91 Å². The number of anilines is 2. The molecule has 4 rings (SSSR count). The zero-order valence-electron chi connectivity index (χ0n) is 15.7. The van der Waals surface area contributed by atoms with Crippen LogP contribution in [0.1, 0.15) is 18.4 Å². The fourth-order valence-electron chi connectivity index (χ4n) is 4.20. The van der Waals surface area contributed by atoms with Crippen molar-refractivity contribution in [1.82, 2.24) is 9.13 Å². The van der Waals surface area contributed by atoms with Crippen LogP contribution in [0.4, 0.5) is 11.5 Å². The minimum Gasteiger partial charge on any atom is -0.357 e. The summed E-state index contributed by atoms with van der Waals surface area (Å²) in [7, 11) is 3.14. The molecule has 2 aromatic rings. The standard InChI is InChI=1S/C20H24N4O3/c1-21-17(12-18(25)22(2)20(21)27)23-10-5-7-15(13-23)19(26)24-11-9-14-6-3-4-8-16(14)24/h3-4,6,8,12,15H,5,7,9-11,13H2,1-2H3. The van der Waals surface area contributed by atoms with E-state index in [1.165, 1.54) is 23.2 Å². The number of aromatic nitrogens is 2. The van der Waals surface area contributed by atoms with Gasteiger partial charge in [-0.25, -0.2) is 4.79 Å². The topological polar surface area (TPSA) is 67.6 Å². The second-order valence-corrected chi connectivity index (χ2v) is 7.40. The third-order valence-electron chi connectivity index (χ3n) is 5.75. The molecule has 142 valence electrons. The van der Waals surface area contributed by atoms with Gasteiger partial charge in [0.05, 0.1) is 5.92 Å². The Morgan fingerprint density at radius 3 is 2.67 bits per heavy atom. The lowest BCUT2D eigenvalue weighted by Crippen LogP contribution is -2.47. The van der Waals surface area contributed by atoms with Crippen molar-refractivity contribution < 1.29 is 4.79 Å². The number of hydrogen-bond donors (Lipinski definition) is 0. The second-order valence-electron chi connectivity index (χ2n) is 7.40. The monoisotopic (exact) mass is 368 g/mol. The molecule has 1 aromatic carbocycles. The zero-order valence-corrected chi connectivity index (χ0v) is 15.7. The number of fused-ring (bicyclic) bond motifs is 1. The van der Waals surface area contributed by atoms with Crippen LogP contribution in [0, 0.1) is 5.92 Å². The molecule has 0 radical (unpaired) electrons. The number of rotatable bonds is 2. The van der Waals surface area contributed by atoms with Gasteiger partial charge in [0.15, 0.2) is 0 Å². The molecule has 0 bridgehead atoms. The summed E-state index contributed by atoms with van der Waals surface area (Å²) >= 11 is 0. The van der Waals surface area contributed by atoms with Crippen molar-refractivity contribution in [2.45, 2.75) is 19.3 Å². The maximum Gasteiger partial charge on any atom is 0.332 e. The number of amides is 1.